The number of benzene rings is 3. The van der Waals surface area contributed by atoms with E-state index in [9.17, 15) is 9.59 Å². The molecular formula is C26H27N3O2. The highest BCUT2D eigenvalue weighted by Gasteiger charge is 2.35. The van der Waals surface area contributed by atoms with E-state index in [0.717, 1.165) is 28.4 Å². The predicted molar refractivity (Wildman–Crippen MR) is 124 cm³/mol. The fourth-order valence-corrected chi connectivity index (χ4v) is 4.89. The van der Waals surface area contributed by atoms with Gasteiger partial charge in [-0.25, -0.2) is 4.79 Å². The van der Waals surface area contributed by atoms with Gasteiger partial charge in [0.15, 0.2) is 0 Å². The summed E-state index contributed by atoms with van der Waals surface area (Å²) in [6.07, 6.45) is 0.891. The minimum absolute atomic E-state index is 0.0410. The molecule has 31 heavy (non-hydrogen) atoms. The third-order valence-corrected chi connectivity index (χ3v) is 6.51. The Bertz CT molecular complexity index is 1160. The SMILES string of the molecule is Cc1ccc2c(c1)CC(C)N2C(=O)N1CCN(C(=O)c2cccc3ccccc23)CC1. The molecule has 3 aromatic rings. The summed E-state index contributed by atoms with van der Waals surface area (Å²) >= 11 is 0. The average molecular weight is 414 g/mol. The molecule has 1 saturated heterocycles. The van der Waals surface area contributed by atoms with E-state index >= 15 is 0 Å². The third kappa shape index (κ3) is 3.44. The second kappa shape index (κ2) is 7.73. The molecule has 1 unspecified atom stereocenters. The number of hydrogen-bond acceptors (Lipinski definition) is 2. The van der Waals surface area contributed by atoms with Gasteiger partial charge in [0.1, 0.15) is 0 Å². The van der Waals surface area contributed by atoms with Crippen molar-refractivity contribution in [3.8, 4) is 0 Å². The fraction of sp³-hybridized carbons (Fsp3) is 0.308. The molecule has 2 aliphatic rings. The van der Waals surface area contributed by atoms with Crippen LogP contribution in [0.15, 0.2) is 60.7 Å². The Labute approximate surface area is 182 Å². The number of urea groups is 1. The van der Waals surface area contributed by atoms with Crippen LogP contribution in [0.2, 0.25) is 0 Å². The quantitative estimate of drug-likeness (QED) is 0.591. The number of rotatable bonds is 1. The van der Waals surface area contributed by atoms with Crippen LogP contribution in [0.4, 0.5) is 10.5 Å². The van der Waals surface area contributed by atoms with Crippen LogP contribution in [0, 0.1) is 6.92 Å². The van der Waals surface area contributed by atoms with Gasteiger partial charge in [0.05, 0.1) is 0 Å². The van der Waals surface area contributed by atoms with Crippen molar-refractivity contribution in [3.05, 3.63) is 77.4 Å². The van der Waals surface area contributed by atoms with Crippen LogP contribution in [0.1, 0.15) is 28.4 Å². The first kappa shape index (κ1) is 19.6. The van der Waals surface area contributed by atoms with E-state index in [2.05, 4.69) is 32.0 Å². The molecule has 3 amide bonds. The Balaban J connectivity index is 1.30. The maximum absolute atomic E-state index is 13.3. The smallest absolute Gasteiger partial charge is 0.324 e. The second-order valence-corrected chi connectivity index (χ2v) is 8.64. The monoisotopic (exact) mass is 413 g/mol. The van der Waals surface area contributed by atoms with E-state index in [1.54, 1.807) is 0 Å². The molecule has 0 bridgehead atoms. The molecule has 0 saturated carbocycles. The molecule has 0 spiro atoms. The largest absolute Gasteiger partial charge is 0.335 e. The molecule has 0 N–H and O–H groups in total. The van der Waals surface area contributed by atoms with Crippen molar-refractivity contribution < 1.29 is 9.59 Å². The lowest BCUT2D eigenvalue weighted by Crippen LogP contribution is -2.55. The first-order valence-corrected chi connectivity index (χ1v) is 11.0. The Morgan fingerprint density at radius 3 is 2.39 bits per heavy atom. The van der Waals surface area contributed by atoms with E-state index in [1.165, 1.54) is 11.1 Å². The Morgan fingerprint density at radius 1 is 0.871 bits per heavy atom. The highest BCUT2D eigenvalue weighted by atomic mass is 16.2. The van der Waals surface area contributed by atoms with Gasteiger partial charge in [0, 0.05) is 43.5 Å². The van der Waals surface area contributed by atoms with Gasteiger partial charge in [-0.15, -0.1) is 0 Å². The van der Waals surface area contributed by atoms with Crippen molar-refractivity contribution in [1.29, 1.82) is 0 Å². The van der Waals surface area contributed by atoms with Crippen LogP contribution in [0.3, 0.4) is 0 Å². The zero-order valence-electron chi connectivity index (χ0n) is 18.0. The molecule has 5 heteroatoms. The van der Waals surface area contributed by atoms with Gasteiger partial charge in [-0.3, -0.25) is 9.69 Å². The molecule has 0 aromatic heterocycles. The van der Waals surface area contributed by atoms with Crippen LogP contribution >= 0.6 is 0 Å². The van der Waals surface area contributed by atoms with Crippen LogP contribution in [0.25, 0.3) is 10.8 Å². The van der Waals surface area contributed by atoms with Gasteiger partial charge in [0.2, 0.25) is 0 Å². The maximum Gasteiger partial charge on any atom is 0.324 e. The normalized spacial score (nSPS) is 18.4. The minimum atomic E-state index is 0.0410. The van der Waals surface area contributed by atoms with Crippen molar-refractivity contribution in [1.82, 2.24) is 9.80 Å². The lowest BCUT2D eigenvalue weighted by atomic mass is 10.0. The summed E-state index contributed by atoms with van der Waals surface area (Å²) in [5.41, 5.74) is 4.22. The molecule has 2 heterocycles. The summed E-state index contributed by atoms with van der Waals surface area (Å²) in [6, 6.07) is 20.3. The Morgan fingerprint density at radius 2 is 1.58 bits per heavy atom. The Hall–Kier alpha value is -3.34. The number of hydrogen-bond donors (Lipinski definition) is 0. The van der Waals surface area contributed by atoms with Crippen LogP contribution in [-0.4, -0.2) is 54.0 Å². The number of carbonyl (C=O) groups is 2. The van der Waals surface area contributed by atoms with E-state index in [-0.39, 0.29) is 18.0 Å². The van der Waals surface area contributed by atoms with Gasteiger partial charge in [-0.2, -0.15) is 0 Å². The first-order valence-electron chi connectivity index (χ1n) is 11.0. The van der Waals surface area contributed by atoms with E-state index < -0.39 is 0 Å². The minimum Gasteiger partial charge on any atom is -0.335 e. The summed E-state index contributed by atoms with van der Waals surface area (Å²) in [5.74, 6) is 0.0410. The summed E-state index contributed by atoms with van der Waals surface area (Å²) in [7, 11) is 0. The molecule has 5 rings (SSSR count). The maximum atomic E-state index is 13.3. The van der Waals surface area contributed by atoms with Crippen molar-refractivity contribution in [2.45, 2.75) is 26.3 Å². The number of amides is 3. The summed E-state index contributed by atoms with van der Waals surface area (Å²) < 4.78 is 0. The summed E-state index contributed by atoms with van der Waals surface area (Å²) in [5, 5.41) is 2.05. The molecule has 0 radical (unpaired) electrons. The molecule has 1 fully saturated rings. The number of nitrogens with zero attached hydrogens (tertiary/aromatic N) is 3. The van der Waals surface area contributed by atoms with Crippen LogP contribution in [0.5, 0.6) is 0 Å². The number of fused-ring (bicyclic) bond motifs is 2. The lowest BCUT2D eigenvalue weighted by molar-refractivity contribution is 0.0670. The van der Waals surface area contributed by atoms with Crippen LogP contribution < -0.4 is 4.90 Å². The first-order chi connectivity index (χ1) is 15.0. The molecule has 2 aliphatic heterocycles. The highest BCUT2D eigenvalue weighted by Crippen LogP contribution is 2.34. The summed E-state index contributed by atoms with van der Waals surface area (Å²) in [6.45, 7) is 6.40. The third-order valence-electron chi connectivity index (χ3n) is 6.51. The number of piperazine rings is 1. The number of aryl methyl sites for hydroxylation is 1. The van der Waals surface area contributed by atoms with Crippen molar-refractivity contribution in [2.24, 2.45) is 0 Å². The molecule has 1 atom stereocenters. The van der Waals surface area contributed by atoms with Gasteiger partial charge < -0.3 is 9.80 Å². The zero-order chi connectivity index (χ0) is 21.5. The van der Waals surface area contributed by atoms with Crippen molar-refractivity contribution >= 4 is 28.4 Å². The molecule has 3 aromatic carbocycles. The Kier molecular flexibility index (Phi) is 4.89. The van der Waals surface area contributed by atoms with E-state index in [4.69, 9.17) is 0 Å². The molecular weight excluding hydrogens is 386 g/mol. The molecule has 0 aliphatic carbocycles. The highest BCUT2D eigenvalue weighted by molar-refractivity contribution is 6.07. The van der Waals surface area contributed by atoms with Crippen molar-refractivity contribution in [2.75, 3.05) is 31.1 Å². The van der Waals surface area contributed by atoms with Crippen molar-refractivity contribution in [3.63, 3.8) is 0 Å². The van der Waals surface area contributed by atoms with Gasteiger partial charge in [-0.05, 0) is 48.7 Å². The summed E-state index contributed by atoms with van der Waals surface area (Å²) in [4.78, 5) is 32.2. The predicted octanol–water partition coefficient (Wildman–Crippen LogP) is 4.48. The van der Waals surface area contributed by atoms with E-state index in [1.807, 2.05) is 57.2 Å². The van der Waals surface area contributed by atoms with Gasteiger partial charge in [-0.1, -0.05) is 54.1 Å². The molecule has 5 nitrogen and oxygen atoms in total. The zero-order valence-corrected chi connectivity index (χ0v) is 18.0. The van der Waals surface area contributed by atoms with Gasteiger partial charge in [0.25, 0.3) is 5.91 Å². The van der Waals surface area contributed by atoms with Gasteiger partial charge >= 0.3 is 6.03 Å². The lowest BCUT2D eigenvalue weighted by Gasteiger charge is -2.38. The number of anilines is 1. The number of carbonyl (C=O) groups excluding carboxylic acids is 2. The fourth-order valence-electron chi connectivity index (χ4n) is 4.89. The topological polar surface area (TPSA) is 43.9 Å². The average Bonchev–Trinajstić information content (AvgIpc) is 3.12. The van der Waals surface area contributed by atoms with Crippen LogP contribution in [-0.2, 0) is 6.42 Å². The standard InChI is InChI=1S/C26H27N3O2/c1-18-10-11-24-21(16-18)17-19(2)29(24)26(31)28-14-12-27(13-15-28)25(30)23-9-5-7-20-6-3-4-8-22(20)23/h3-11,16,19H,12-15,17H2,1-2H3. The molecule has 158 valence electrons. The second-order valence-electron chi connectivity index (χ2n) is 8.64. The van der Waals surface area contributed by atoms with E-state index in [0.29, 0.717) is 26.2 Å².